The number of nitrogen functional groups attached to an aromatic ring is 1. The quantitative estimate of drug-likeness (QED) is 0.805. The molecule has 2 atom stereocenters. The first-order valence-electron chi connectivity index (χ1n) is 7.54. The molecule has 1 aromatic heterocycles. The zero-order valence-corrected chi connectivity index (χ0v) is 13.0. The molecular weight excluding hydrogens is 296 g/mol. The molecule has 7 nitrogen and oxygen atoms in total. The number of carbonyl (C=O) groups is 1. The van der Waals surface area contributed by atoms with Gasteiger partial charge in [-0.25, -0.2) is 0 Å². The lowest BCUT2D eigenvalue weighted by Gasteiger charge is -2.34. The Morgan fingerprint density at radius 3 is 2.78 bits per heavy atom. The highest BCUT2D eigenvalue weighted by molar-refractivity contribution is 5.99. The summed E-state index contributed by atoms with van der Waals surface area (Å²) < 4.78 is 0. The molecule has 0 saturated heterocycles. The third-order valence-electron chi connectivity index (χ3n) is 4.51. The van der Waals surface area contributed by atoms with Crippen LogP contribution >= 0.6 is 0 Å². The van der Waals surface area contributed by atoms with E-state index in [0.29, 0.717) is 12.2 Å². The van der Waals surface area contributed by atoms with Gasteiger partial charge in [-0.05, 0) is 17.5 Å². The zero-order chi connectivity index (χ0) is 16.7. The van der Waals surface area contributed by atoms with E-state index in [9.17, 15) is 14.4 Å². The topological polar surface area (TPSA) is 105 Å². The van der Waals surface area contributed by atoms with E-state index < -0.39 is 16.9 Å². The molecule has 0 saturated carbocycles. The Kier molecular flexibility index (Phi) is 3.63. The van der Waals surface area contributed by atoms with Crippen molar-refractivity contribution in [3.8, 4) is 0 Å². The number of hydrogen-bond acceptors (Lipinski definition) is 6. The molecule has 0 spiro atoms. The average molecular weight is 314 g/mol. The number of nitrogens with one attached hydrogen (secondary N) is 1. The molecule has 1 aliphatic heterocycles. The molecule has 7 heteroatoms. The first-order valence-corrected chi connectivity index (χ1v) is 7.54. The zero-order valence-electron chi connectivity index (χ0n) is 13.0. The minimum atomic E-state index is -0.678. The van der Waals surface area contributed by atoms with Crippen molar-refractivity contribution in [3.63, 3.8) is 0 Å². The van der Waals surface area contributed by atoms with E-state index in [-0.39, 0.29) is 23.2 Å². The number of amides is 1. The number of nitrogens with two attached hydrogens (primary N) is 1. The van der Waals surface area contributed by atoms with Crippen molar-refractivity contribution in [3.05, 3.63) is 44.5 Å². The number of nitrogens with zero attached hydrogens (tertiary/aromatic N) is 2. The highest BCUT2D eigenvalue weighted by Crippen LogP contribution is 2.31. The summed E-state index contributed by atoms with van der Waals surface area (Å²) in [6.45, 7) is 4.23. The molecule has 23 heavy (non-hydrogen) atoms. The van der Waals surface area contributed by atoms with Gasteiger partial charge in [-0.1, -0.05) is 20.3 Å². The van der Waals surface area contributed by atoms with E-state index in [2.05, 4.69) is 10.3 Å². The number of pyridine rings is 1. The summed E-state index contributed by atoms with van der Waals surface area (Å²) in [7, 11) is 0. The smallest absolute Gasteiger partial charge is 0.253 e. The van der Waals surface area contributed by atoms with Gasteiger partial charge in [0.2, 0.25) is 5.91 Å². The van der Waals surface area contributed by atoms with E-state index in [0.717, 1.165) is 12.0 Å². The molecule has 3 rings (SSSR count). The molecule has 0 aliphatic carbocycles. The number of anilines is 3. The molecule has 2 heterocycles. The predicted molar refractivity (Wildman–Crippen MR) is 88.1 cm³/mol. The molecule has 0 radical (unpaired) electrons. The van der Waals surface area contributed by atoms with Gasteiger partial charge in [-0.2, -0.15) is 0 Å². The lowest BCUT2D eigenvalue weighted by atomic mass is 9.95. The maximum Gasteiger partial charge on any atom is 0.253 e. The van der Waals surface area contributed by atoms with Gasteiger partial charge >= 0.3 is 0 Å². The van der Waals surface area contributed by atoms with Crippen molar-refractivity contribution < 1.29 is 4.79 Å². The summed E-state index contributed by atoms with van der Waals surface area (Å²) in [5.41, 5.74) is 5.96. The van der Waals surface area contributed by atoms with E-state index in [1.54, 1.807) is 23.4 Å². The van der Waals surface area contributed by atoms with Crippen LogP contribution in [0.2, 0.25) is 0 Å². The van der Waals surface area contributed by atoms with E-state index in [4.69, 9.17) is 5.73 Å². The summed E-state index contributed by atoms with van der Waals surface area (Å²) >= 11 is 0. The van der Waals surface area contributed by atoms with Gasteiger partial charge in [0.25, 0.3) is 10.9 Å². The lowest BCUT2D eigenvalue weighted by molar-refractivity contribution is -0.118. The Labute approximate surface area is 132 Å². The summed E-state index contributed by atoms with van der Waals surface area (Å²) in [6.07, 6.45) is 3.95. The van der Waals surface area contributed by atoms with Crippen LogP contribution in [-0.4, -0.2) is 16.9 Å². The van der Waals surface area contributed by atoms with Crippen LogP contribution in [0.4, 0.5) is 17.1 Å². The Hall–Kier alpha value is -2.70. The van der Waals surface area contributed by atoms with Gasteiger partial charge in [0, 0.05) is 12.7 Å². The normalized spacial score (nSPS) is 19.1. The number of rotatable bonds is 3. The number of hydrogen-bond donors (Lipinski definition) is 2. The van der Waals surface area contributed by atoms with Crippen molar-refractivity contribution in [1.82, 2.24) is 4.98 Å². The van der Waals surface area contributed by atoms with E-state index >= 15 is 0 Å². The number of aromatic nitrogens is 1. The van der Waals surface area contributed by atoms with Gasteiger partial charge < -0.3 is 16.0 Å². The predicted octanol–water partition coefficient (Wildman–Crippen LogP) is 0.633. The van der Waals surface area contributed by atoms with Crippen LogP contribution in [0.3, 0.4) is 0 Å². The molecule has 2 unspecified atom stereocenters. The second-order valence-corrected chi connectivity index (χ2v) is 5.90. The molecular formula is C16H18N4O3. The Morgan fingerprint density at radius 1 is 1.39 bits per heavy atom. The van der Waals surface area contributed by atoms with Crippen molar-refractivity contribution in [2.45, 2.75) is 32.9 Å². The minimum Gasteiger partial charge on any atom is -0.394 e. The lowest BCUT2D eigenvalue weighted by Crippen LogP contribution is -2.52. The standard InChI is InChI=1S/C16H18N4O3/c1-3-8(2)12-16(23)19-10-6-18-5-4-9(10)7-20(12)13-11(17)14(21)15(13)22/h4-6,8,12H,3,7,17H2,1-2H3,(H,19,23). The fraction of sp³-hybridized carbons (Fsp3) is 0.375. The third kappa shape index (κ3) is 2.28. The second kappa shape index (κ2) is 5.49. The van der Waals surface area contributed by atoms with Gasteiger partial charge in [-0.15, -0.1) is 0 Å². The largest absolute Gasteiger partial charge is 0.394 e. The first kappa shape index (κ1) is 15.2. The molecule has 0 bridgehead atoms. The maximum atomic E-state index is 12.7. The number of fused-ring (bicyclic) bond motifs is 1. The molecule has 1 aliphatic rings. The van der Waals surface area contributed by atoms with Crippen LogP contribution < -0.4 is 26.8 Å². The maximum absolute atomic E-state index is 12.7. The van der Waals surface area contributed by atoms with Crippen LogP contribution in [0.5, 0.6) is 0 Å². The number of carbonyl (C=O) groups excluding carboxylic acids is 1. The van der Waals surface area contributed by atoms with Crippen molar-refractivity contribution >= 4 is 23.0 Å². The monoisotopic (exact) mass is 314 g/mol. The van der Waals surface area contributed by atoms with Crippen LogP contribution in [0.15, 0.2) is 28.0 Å². The molecule has 120 valence electrons. The molecule has 1 amide bonds. The summed E-state index contributed by atoms with van der Waals surface area (Å²) in [6, 6.07) is 1.21. The highest BCUT2D eigenvalue weighted by atomic mass is 16.2. The van der Waals surface area contributed by atoms with E-state index in [1.165, 1.54) is 0 Å². The van der Waals surface area contributed by atoms with Crippen molar-refractivity contribution in [1.29, 1.82) is 0 Å². The fourth-order valence-corrected chi connectivity index (χ4v) is 2.99. The summed E-state index contributed by atoms with van der Waals surface area (Å²) in [5.74, 6) is -0.236. The molecule has 3 N–H and O–H groups in total. The molecule has 2 aromatic rings. The summed E-state index contributed by atoms with van der Waals surface area (Å²) in [5, 5.41) is 2.86. The first-order chi connectivity index (χ1) is 11.0. The molecule has 0 fully saturated rings. The van der Waals surface area contributed by atoms with Gasteiger partial charge in [0.1, 0.15) is 17.4 Å². The third-order valence-corrected chi connectivity index (χ3v) is 4.51. The van der Waals surface area contributed by atoms with Crippen molar-refractivity contribution in [2.75, 3.05) is 16.0 Å². The van der Waals surface area contributed by atoms with E-state index in [1.807, 2.05) is 13.8 Å². The Morgan fingerprint density at radius 2 is 2.13 bits per heavy atom. The highest BCUT2D eigenvalue weighted by Gasteiger charge is 2.38. The van der Waals surface area contributed by atoms with Gasteiger partial charge in [0.15, 0.2) is 0 Å². The average Bonchev–Trinajstić information content (AvgIpc) is 2.69. The van der Waals surface area contributed by atoms with Crippen LogP contribution in [0, 0.1) is 5.92 Å². The van der Waals surface area contributed by atoms with Crippen LogP contribution in [-0.2, 0) is 11.3 Å². The second-order valence-electron chi connectivity index (χ2n) is 5.90. The van der Waals surface area contributed by atoms with Gasteiger partial charge in [0.05, 0.1) is 11.9 Å². The minimum absolute atomic E-state index is 0.0129. The fourth-order valence-electron chi connectivity index (χ4n) is 2.99. The Balaban J connectivity index is 2.13. The Bertz CT molecular complexity index is 838. The van der Waals surface area contributed by atoms with Gasteiger partial charge in [-0.3, -0.25) is 19.4 Å². The van der Waals surface area contributed by atoms with Crippen molar-refractivity contribution in [2.24, 2.45) is 5.92 Å². The SMILES string of the molecule is CCC(C)C1C(=O)Nc2cnccc2CN1c1c(N)c(=O)c1=O. The molecule has 1 aromatic carbocycles. The van der Waals surface area contributed by atoms with Crippen LogP contribution in [0.25, 0.3) is 0 Å². The van der Waals surface area contributed by atoms with Crippen LogP contribution in [0.1, 0.15) is 25.8 Å². The summed E-state index contributed by atoms with van der Waals surface area (Å²) in [4.78, 5) is 41.9.